The summed E-state index contributed by atoms with van der Waals surface area (Å²) in [5.74, 6) is 0.967. The highest BCUT2D eigenvalue weighted by Gasteiger charge is 1.95. The van der Waals surface area contributed by atoms with Crippen LogP contribution in [-0.2, 0) is 9.47 Å². The summed E-state index contributed by atoms with van der Waals surface area (Å²) < 4.78 is 10.8. The van der Waals surface area contributed by atoms with Crippen LogP contribution in [0.4, 0.5) is 0 Å². The summed E-state index contributed by atoms with van der Waals surface area (Å²) >= 11 is 0. The lowest BCUT2D eigenvalue weighted by Gasteiger charge is -2.09. The molecule has 0 aromatic heterocycles. The molecule has 0 aromatic carbocycles. The first-order valence-electron chi connectivity index (χ1n) is 4.38. The second-order valence-corrected chi connectivity index (χ2v) is 3.04. The summed E-state index contributed by atoms with van der Waals surface area (Å²) in [7, 11) is 0. The Balaban J connectivity index is 2.56. The number of ether oxygens (including phenoxy) is 2. The van der Waals surface area contributed by atoms with E-state index in [2.05, 4.69) is 0 Å². The van der Waals surface area contributed by atoms with E-state index in [0.717, 1.165) is 37.4 Å². The van der Waals surface area contributed by atoms with Crippen LogP contribution in [0.15, 0.2) is 23.7 Å². The number of hydrogen-bond donors (Lipinski definition) is 0. The fourth-order valence-electron chi connectivity index (χ4n) is 1.11. The Labute approximate surface area is 73.9 Å². The number of allylic oxidation sites excluding steroid dienone is 3. The van der Waals surface area contributed by atoms with E-state index >= 15 is 0 Å². The van der Waals surface area contributed by atoms with Gasteiger partial charge in [-0.05, 0) is 38.3 Å². The molecule has 12 heavy (non-hydrogen) atoms. The Morgan fingerprint density at radius 3 is 2.75 bits per heavy atom. The molecular weight excluding hydrogens is 152 g/mol. The lowest BCUT2D eigenvalue weighted by atomic mass is 10.3. The molecule has 0 radical (unpaired) electrons. The van der Waals surface area contributed by atoms with Crippen molar-refractivity contribution in [1.82, 2.24) is 0 Å². The SMILES string of the molecule is CC1=C/OCCCCO/C(C)=C\1. The Morgan fingerprint density at radius 2 is 1.92 bits per heavy atom. The van der Waals surface area contributed by atoms with Gasteiger partial charge in [-0.25, -0.2) is 0 Å². The second-order valence-electron chi connectivity index (χ2n) is 3.04. The summed E-state index contributed by atoms with van der Waals surface area (Å²) in [6.45, 7) is 5.58. The molecule has 0 spiro atoms. The van der Waals surface area contributed by atoms with E-state index in [0.29, 0.717) is 0 Å². The molecule has 1 aliphatic heterocycles. The van der Waals surface area contributed by atoms with Crippen molar-refractivity contribution in [2.45, 2.75) is 26.7 Å². The Morgan fingerprint density at radius 1 is 1.17 bits per heavy atom. The van der Waals surface area contributed by atoms with Gasteiger partial charge in [-0.1, -0.05) is 0 Å². The van der Waals surface area contributed by atoms with Gasteiger partial charge in [-0.2, -0.15) is 0 Å². The highest BCUT2D eigenvalue weighted by Crippen LogP contribution is 2.07. The molecule has 0 saturated carbocycles. The van der Waals surface area contributed by atoms with E-state index in [1.54, 1.807) is 6.26 Å². The normalized spacial score (nSPS) is 28.5. The minimum absolute atomic E-state index is 0.799. The molecule has 0 aromatic rings. The number of hydrogen-bond acceptors (Lipinski definition) is 2. The van der Waals surface area contributed by atoms with Gasteiger partial charge in [0.15, 0.2) is 0 Å². The van der Waals surface area contributed by atoms with Gasteiger partial charge in [0.05, 0.1) is 25.2 Å². The fraction of sp³-hybridized carbons (Fsp3) is 0.600. The van der Waals surface area contributed by atoms with Gasteiger partial charge in [-0.15, -0.1) is 0 Å². The topological polar surface area (TPSA) is 18.5 Å². The van der Waals surface area contributed by atoms with Gasteiger partial charge in [0, 0.05) is 0 Å². The van der Waals surface area contributed by atoms with E-state index in [4.69, 9.17) is 9.47 Å². The minimum Gasteiger partial charge on any atom is -0.501 e. The van der Waals surface area contributed by atoms with Crippen molar-refractivity contribution in [2.75, 3.05) is 13.2 Å². The summed E-state index contributed by atoms with van der Waals surface area (Å²) in [5.41, 5.74) is 1.11. The van der Waals surface area contributed by atoms with Crippen LogP contribution < -0.4 is 0 Å². The first-order valence-corrected chi connectivity index (χ1v) is 4.38. The third kappa shape index (κ3) is 3.46. The van der Waals surface area contributed by atoms with Crippen LogP contribution in [0.2, 0.25) is 0 Å². The zero-order valence-corrected chi connectivity index (χ0v) is 7.80. The van der Waals surface area contributed by atoms with Crippen LogP contribution in [0.1, 0.15) is 26.7 Å². The Kier molecular flexibility index (Phi) is 3.71. The standard InChI is InChI=1S/C10H16O2/c1-9-7-10(2)12-6-4-3-5-11-8-9/h7-8H,3-6H2,1-2H3/b9-8-,10-7-. The van der Waals surface area contributed by atoms with Crippen molar-refractivity contribution < 1.29 is 9.47 Å². The van der Waals surface area contributed by atoms with Gasteiger partial charge >= 0.3 is 0 Å². The van der Waals surface area contributed by atoms with Crippen molar-refractivity contribution >= 4 is 0 Å². The highest BCUT2D eigenvalue weighted by atomic mass is 16.5. The molecule has 0 saturated heterocycles. The maximum atomic E-state index is 5.45. The zero-order chi connectivity index (χ0) is 8.81. The van der Waals surface area contributed by atoms with Crippen LogP contribution in [0.25, 0.3) is 0 Å². The third-order valence-electron chi connectivity index (χ3n) is 1.69. The molecule has 0 atom stereocenters. The van der Waals surface area contributed by atoms with Crippen molar-refractivity contribution in [1.29, 1.82) is 0 Å². The molecule has 68 valence electrons. The molecule has 1 heterocycles. The molecule has 1 aliphatic rings. The summed E-state index contributed by atoms with van der Waals surface area (Å²) in [6.07, 6.45) is 5.92. The van der Waals surface area contributed by atoms with E-state index < -0.39 is 0 Å². The number of rotatable bonds is 0. The predicted octanol–water partition coefficient (Wildman–Crippen LogP) is 2.62. The molecule has 0 aliphatic carbocycles. The van der Waals surface area contributed by atoms with Crippen molar-refractivity contribution in [3.05, 3.63) is 23.7 Å². The molecule has 2 heteroatoms. The highest BCUT2D eigenvalue weighted by molar-refractivity contribution is 5.15. The van der Waals surface area contributed by atoms with Crippen LogP contribution in [0, 0.1) is 0 Å². The van der Waals surface area contributed by atoms with E-state index in [-0.39, 0.29) is 0 Å². The summed E-state index contributed by atoms with van der Waals surface area (Å²) in [6, 6.07) is 0. The predicted molar refractivity (Wildman–Crippen MR) is 48.7 cm³/mol. The first-order chi connectivity index (χ1) is 5.79. The van der Waals surface area contributed by atoms with Gasteiger partial charge in [0.2, 0.25) is 0 Å². The molecule has 1 rings (SSSR count). The molecule has 0 amide bonds. The van der Waals surface area contributed by atoms with Crippen molar-refractivity contribution in [3.63, 3.8) is 0 Å². The minimum atomic E-state index is 0.799. The Hall–Kier alpha value is -0.920. The van der Waals surface area contributed by atoms with Crippen molar-refractivity contribution in [2.24, 2.45) is 0 Å². The summed E-state index contributed by atoms with van der Waals surface area (Å²) in [5, 5.41) is 0. The fourth-order valence-corrected chi connectivity index (χ4v) is 1.11. The van der Waals surface area contributed by atoms with Gasteiger partial charge in [-0.3, -0.25) is 0 Å². The van der Waals surface area contributed by atoms with Crippen LogP contribution >= 0.6 is 0 Å². The van der Waals surface area contributed by atoms with E-state index in [1.165, 1.54) is 0 Å². The van der Waals surface area contributed by atoms with Gasteiger partial charge in [0.1, 0.15) is 0 Å². The molecule has 0 fully saturated rings. The molecule has 0 unspecified atom stereocenters. The third-order valence-corrected chi connectivity index (χ3v) is 1.69. The van der Waals surface area contributed by atoms with E-state index in [9.17, 15) is 0 Å². The molecule has 2 nitrogen and oxygen atoms in total. The molecule has 0 N–H and O–H groups in total. The first kappa shape index (κ1) is 9.17. The summed E-state index contributed by atoms with van der Waals surface area (Å²) in [4.78, 5) is 0. The van der Waals surface area contributed by atoms with Gasteiger partial charge < -0.3 is 9.47 Å². The van der Waals surface area contributed by atoms with Crippen LogP contribution in [-0.4, -0.2) is 13.2 Å². The lowest BCUT2D eigenvalue weighted by molar-refractivity contribution is 0.182. The van der Waals surface area contributed by atoms with Crippen molar-refractivity contribution in [3.8, 4) is 0 Å². The van der Waals surface area contributed by atoms with Gasteiger partial charge in [0.25, 0.3) is 0 Å². The average Bonchev–Trinajstić information content (AvgIpc) is 2.02. The molecular formula is C10H16O2. The monoisotopic (exact) mass is 168 g/mol. The quantitative estimate of drug-likeness (QED) is 0.553. The zero-order valence-electron chi connectivity index (χ0n) is 7.80. The smallest absolute Gasteiger partial charge is 0.0932 e. The maximum Gasteiger partial charge on any atom is 0.0932 e. The van der Waals surface area contributed by atoms with Crippen LogP contribution in [0.3, 0.4) is 0 Å². The lowest BCUT2D eigenvalue weighted by Crippen LogP contribution is -1.98. The average molecular weight is 168 g/mol. The Bertz CT molecular complexity index is 192. The van der Waals surface area contributed by atoms with E-state index in [1.807, 2.05) is 19.9 Å². The second kappa shape index (κ2) is 4.86. The maximum absolute atomic E-state index is 5.45. The van der Waals surface area contributed by atoms with Crippen LogP contribution in [0.5, 0.6) is 0 Å². The molecule has 0 bridgehead atoms. The largest absolute Gasteiger partial charge is 0.501 e.